The van der Waals surface area contributed by atoms with Gasteiger partial charge in [-0.15, -0.1) is 11.3 Å². The Bertz CT molecular complexity index is 751. The third-order valence-corrected chi connectivity index (χ3v) is 4.41. The normalized spacial score (nSPS) is 10.9. The van der Waals surface area contributed by atoms with E-state index >= 15 is 0 Å². The molecule has 0 radical (unpaired) electrons. The quantitative estimate of drug-likeness (QED) is 0.659. The third kappa shape index (κ3) is 3.53. The highest BCUT2D eigenvalue weighted by Gasteiger charge is 2.10. The van der Waals surface area contributed by atoms with Crippen molar-refractivity contribution in [1.29, 1.82) is 5.26 Å². The Balaban J connectivity index is 1.58. The highest BCUT2D eigenvalue weighted by Crippen LogP contribution is 2.30. The van der Waals surface area contributed by atoms with Gasteiger partial charge in [0.1, 0.15) is 5.76 Å². The van der Waals surface area contributed by atoms with Gasteiger partial charge in [0.15, 0.2) is 10.8 Å². The van der Waals surface area contributed by atoms with Crippen LogP contribution < -0.4 is 5.32 Å². The molecule has 5 heteroatoms. The zero-order valence-electron chi connectivity index (χ0n) is 12.2. The fourth-order valence-corrected chi connectivity index (χ4v) is 3.16. The van der Waals surface area contributed by atoms with E-state index in [0.717, 1.165) is 41.4 Å². The van der Waals surface area contributed by atoms with Crippen LogP contribution in [0, 0.1) is 11.3 Å². The van der Waals surface area contributed by atoms with E-state index in [9.17, 15) is 0 Å². The molecule has 22 heavy (non-hydrogen) atoms. The standard InChI is InChI=1S/C17H17N3OS/c18-10-4-1-5-11-19-12-13-8-9-15(21-13)17-20-14-6-2-3-7-16(14)22-17/h2-3,6-9,19H,1,4-5,11-12H2. The highest BCUT2D eigenvalue weighted by atomic mass is 32.1. The van der Waals surface area contributed by atoms with Gasteiger partial charge in [0.25, 0.3) is 0 Å². The molecule has 0 saturated heterocycles. The second-order valence-electron chi connectivity index (χ2n) is 5.04. The summed E-state index contributed by atoms with van der Waals surface area (Å²) in [6.07, 6.45) is 2.59. The summed E-state index contributed by atoms with van der Waals surface area (Å²) >= 11 is 1.65. The number of thiazole rings is 1. The number of unbranched alkanes of at least 4 members (excludes halogenated alkanes) is 2. The predicted octanol–water partition coefficient (Wildman–Crippen LogP) is 4.34. The number of hydrogen-bond donors (Lipinski definition) is 1. The molecule has 0 amide bonds. The molecule has 0 aliphatic heterocycles. The monoisotopic (exact) mass is 311 g/mol. The van der Waals surface area contributed by atoms with Crippen LogP contribution in [0.5, 0.6) is 0 Å². The van der Waals surface area contributed by atoms with Gasteiger partial charge in [-0.25, -0.2) is 4.98 Å². The fraction of sp³-hybridized carbons (Fsp3) is 0.294. The van der Waals surface area contributed by atoms with Crippen LogP contribution >= 0.6 is 11.3 Å². The summed E-state index contributed by atoms with van der Waals surface area (Å²) in [5.41, 5.74) is 1.01. The molecule has 4 nitrogen and oxygen atoms in total. The molecule has 0 fully saturated rings. The Kier molecular flexibility index (Phi) is 4.84. The molecule has 3 aromatic rings. The van der Waals surface area contributed by atoms with Crippen molar-refractivity contribution in [2.75, 3.05) is 6.54 Å². The Morgan fingerprint density at radius 1 is 1.18 bits per heavy atom. The largest absolute Gasteiger partial charge is 0.457 e. The van der Waals surface area contributed by atoms with E-state index in [4.69, 9.17) is 9.68 Å². The van der Waals surface area contributed by atoms with Crippen molar-refractivity contribution in [2.45, 2.75) is 25.8 Å². The fourth-order valence-electron chi connectivity index (χ4n) is 2.23. The van der Waals surface area contributed by atoms with Gasteiger partial charge in [-0.05, 0) is 43.7 Å². The number of furan rings is 1. The maximum atomic E-state index is 8.47. The van der Waals surface area contributed by atoms with E-state index < -0.39 is 0 Å². The van der Waals surface area contributed by atoms with Crippen LogP contribution in [-0.4, -0.2) is 11.5 Å². The molecular formula is C17H17N3OS. The predicted molar refractivity (Wildman–Crippen MR) is 88.5 cm³/mol. The van der Waals surface area contributed by atoms with Crippen LogP contribution in [0.15, 0.2) is 40.8 Å². The second kappa shape index (κ2) is 7.21. The first-order valence-electron chi connectivity index (χ1n) is 7.39. The molecule has 0 aliphatic rings. The summed E-state index contributed by atoms with van der Waals surface area (Å²) in [7, 11) is 0. The summed E-state index contributed by atoms with van der Waals surface area (Å²) in [5.74, 6) is 1.73. The van der Waals surface area contributed by atoms with Gasteiger partial charge in [0, 0.05) is 6.42 Å². The van der Waals surface area contributed by atoms with Gasteiger partial charge in [-0.3, -0.25) is 0 Å². The molecule has 0 atom stereocenters. The molecular weight excluding hydrogens is 294 g/mol. The molecule has 0 spiro atoms. The van der Waals surface area contributed by atoms with Crippen LogP contribution in [0.1, 0.15) is 25.0 Å². The zero-order valence-corrected chi connectivity index (χ0v) is 13.0. The third-order valence-electron chi connectivity index (χ3n) is 3.36. The maximum absolute atomic E-state index is 8.47. The minimum Gasteiger partial charge on any atom is -0.457 e. The van der Waals surface area contributed by atoms with E-state index in [1.54, 1.807) is 11.3 Å². The van der Waals surface area contributed by atoms with Crippen LogP contribution in [0.25, 0.3) is 21.0 Å². The van der Waals surface area contributed by atoms with Gasteiger partial charge < -0.3 is 9.73 Å². The lowest BCUT2D eigenvalue weighted by Crippen LogP contribution is -2.13. The molecule has 1 aromatic carbocycles. The van der Waals surface area contributed by atoms with E-state index in [2.05, 4.69) is 22.4 Å². The lowest BCUT2D eigenvalue weighted by atomic mass is 10.2. The summed E-state index contributed by atoms with van der Waals surface area (Å²) in [6, 6.07) is 14.2. The minimum atomic E-state index is 0.629. The van der Waals surface area contributed by atoms with E-state index in [-0.39, 0.29) is 0 Å². The Morgan fingerprint density at radius 3 is 2.95 bits per heavy atom. The molecule has 0 aliphatic carbocycles. The average molecular weight is 311 g/mol. The first kappa shape index (κ1) is 14.8. The van der Waals surface area contributed by atoms with Crippen LogP contribution in [0.3, 0.4) is 0 Å². The first-order valence-corrected chi connectivity index (χ1v) is 8.21. The van der Waals surface area contributed by atoms with E-state index in [1.165, 1.54) is 4.70 Å². The zero-order chi connectivity index (χ0) is 15.2. The highest BCUT2D eigenvalue weighted by molar-refractivity contribution is 7.21. The Labute approximate surface area is 133 Å². The number of nitrogens with one attached hydrogen (secondary N) is 1. The number of fused-ring (bicyclic) bond motifs is 1. The molecule has 112 valence electrons. The molecule has 3 rings (SSSR count). The summed E-state index contributed by atoms with van der Waals surface area (Å²) in [4.78, 5) is 4.60. The van der Waals surface area contributed by atoms with Gasteiger partial charge in [0.05, 0.1) is 22.8 Å². The molecule has 1 N–H and O–H groups in total. The van der Waals surface area contributed by atoms with Gasteiger partial charge >= 0.3 is 0 Å². The van der Waals surface area contributed by atoms with Crippen molar-refractivity contribution in [1.82, 2.24) is 10.3 Å². The number of rotatable bonds is 7. The Hall–Kier alpha value is -2.16. The van der Waals surface area contributed by atoms with Crippen molar-refractivity contribution in [3.05, 3.63) is 42.2 Å². The average Bonchev–Trinajstić information content (AvgIpc) is 3.16. The summed E-state index contributed by atoms with van der Waals surface area (Å²) in [6.45, 7) is 1.61. The molecule has 0 bridgehead atoms. The van der Waals surface area contributed by atoms with Crippen molar-refractivity contribution in [3.8, 4) is 16.8 Å². The van der Waals surface area contributed by atoms with E-state index in [1.807, 2.05) is 30.3 Å². The number of nitrogens with zero attached hydrogens (tertiary/aromatic N) is 2. The van der Waals surface area contributed by atoms with Gasteiger partial charge in [0.2, 0.25) is 0 Å². The number of benzene rings is 1. The van der Waals surface area contributed by atoms with Crippen LogP contribution in [0.2, 0.25) is 0 Å². The minimum absolute atomic E-state index is 0.629. The molecule has 2 aromatic heterocycles. The van der Waals surface area contributed by atoms with Gasteiger partial charge in [-0.2, -0.15) is 5.26 Å². The van der Waals surface area contributed by atoms with Gasteiger partial charge in [-0.1, -0.05) is 12.1 Å². The summed E-state index contributed by atoms with van der Waals surface area (Å²) in [5, 5.41) is 12.7. The molecule has 0 unspecified atom stereocenters. The molecule has 2 heterocycles. The first-order chi connectivity index (χ1) is 10.9. The van der Waals surface area contributed by atoms with Crippen molar-refractivity contribution in [2.24, 2.45) is 0 Å². The lowest BCUT2D eigenvalue weighted by Gasteiger charge is -2.00. The number of para-hydroxylation sites is 1. The number of aromatic nitrogens is 1. The smallest absolute Gasteiger partial charge is 0.163 e. The SMILES string of the molecule is N#CCCCCNCc1ccc(-c2nc3ccccc3s2)o1. The van der Waals surface area contributed by atoms with Crippen LogP contribution in [-0.2, 0) is 6.54 Å². The van der Waals surface area contributed by atoms with Crippen LogP contribution in [0.4, 0.5) is 0 Å². The summed E-state index contributed by atoms with van der Waals surface area (Å²) < 4.78 is 7.03. The second-order valence-corrected chi connectivity index (χ2v) is 6.08. The van der Waals surface area contributed by atoms with Crippen molar-refractivity contribution < 1.29 is 4.42 Å². The topological polar surface area (TPSA) is 61.9 Å². The Morgan fingerprint density at radius 2 is 2.09 bits per heavy atom. The lowest BCUT2D eigenvalue weighted by molar-refractivity contribution is 0.489. The van der Waals surface area contributed by atoms with Crippen molar-refractivity contribution in [3.63, 3.8) is 0 Å². The molecule has 0 saturated carbocycles. The van der Waals surface area contributed by atoms with E-state index in [0.29, 0.717) is 13.0 Å². The number of hydrogen-bond acceptors (Lipinski definition) is 5. The van der Waals surface area contributed by atoms with Crippen molar-refractivity contribution >= 4 is 21.6 Å². The number of nitriles is 1. The maximum Gasteiger partial charge on any atom is 0.163 e.